The third-order valence-electron chi connectivity index (χ3n) is 5.35. The van der Waals surface area contributed by atoms with E-state index in [-0.39, 0.29) is 5.92 Å². The Kier molecular flexibility index (Phi) is 5.16. The summed E-state index contributed by atoms with van der Waals surface area (Å²) in [5, 5.41) is 11.5. The number of halogens is 1. The lowest BCUT2D eigenvalue weighted by Crippen LogP contribution is -2.52. The minimum atomic E-state index is -0.643. The monoisotopic (exact) mass is 339 g/mol. The molecule has 2 aliphatic rings. The summed E-state index contributed by atoms with van der Waals surface area (Å²) < 4.78 is 11.1. The van der Waals surface area contributed by atoms with E-state index in [9.17, 15) is 5.11 Å². The lowest BCUT2D eigenvalue weighted by Gasteiger charge is -2.43. The normalized spacial score (nSPS) is 32.2. The molecule has 2 heterocycles. The molecule has 23 heavy (non-hydrogen) atoms. The second-order valence-corrected chi connectivity index (χ2v) is 7.36. The number of hydrogen-bond donors (Lipinski definition) is 1. The molecule has 0 aromatic heterocycles. The van der Waals surface area contributed by atoms with Crippen LogP contribution in [-0.2, 0) is 11.3 Å². The zero-order valence-electron chi connectivity index (χ0n) is 13.9. The number of benzene rings is 1. The van der Waals surface area contributed by atoms with Crippen molar-refractivity contribution in [3.05, 3.63) is 28.8 Å². The Labute approximate surface area is 143 Å². The minimum absolute atomic E-state index is 0.164. The molecular weight excluding hydrogens is 314 g/mol. The number of nitrogens with zero attached hydrogens (tertiary/aromatic N) is 1. The Morgan fingerprint density at radius 2 is 2.30 bits per heavy atom. The molecule has 3 rings (SSSR count). The third-order valence-corrected chi connectivity index (χ3v) is 5.59. The molecule has 0 bridgehead atoms. The molecule has 3 atom stereocenters. The molecule has 2 fully saturated rings. The highest BCUT2D eigenvalue weighted by molar-refractivity contribution is 6.30. The van der Waals surface area contributed by atoms with Crippen LogP contribution in [0, 0.1) is 5.92 Å². The van der Waals surface area contributed by atoms with Crippen molar-refractivity contribution in [3.63, 3.8) is 0 Å². The van der Waals surface area contributed by atoms with Crippen LogP contribution < -0.4 is 4.74 Å². The predicted octanol–water partition coefficient (Wildman–Crippen LogP) is 3.10. The van der Waals surface area contributed by atoms with Crippen molar-refractivity contribution in [3.8, 4) is 5.75 Å². The lowest BCUT2D eigenvalue weighted by atomic mass is 9.79. The molecule has 0 radical (unpaired) electrons. The molecule has 4 nitrogen and oxygen atoms in total. The molecule has 0 spiro atoms. The molecule has 2 aliphatic heterocycles. The van der Waals surface area contributed by atoms with Gasteiger partial charge in [-0.25, -0.2) is 0 Å². The highest BCUT2D eigenvalue weighted by Gasteiger charge is 2.44. The molecule has 5 heteroatoms. The van der Waals surface area contributed by atoms with Crippen molar-refractivity contribution in [2.45, 2.75) is 44.4 Å². The van der Waals surface area contributed by atoms with Crippen LogP contribution in [0.15, 0.2) is 18.2 Å². The Morgan fingerprint density at radius 1 is 1.48 bits per heavy atom. The molecule has 1 aromatic rings. The van der Waals surface area contributed by atoms with Crippen LogP contribution in [0.1, 0.15) is 31.7 Å². The van der Waals surface area contributed by atoms with E-state index in [4.69, 9.17) is 21.1 Å². The van der Waals surface area contributed by atoms with E-state index in [1.54, 1.807) is 7.11 Å². The van der Waals surface area contributed by atoms with Gasteiger partial charge in [-0.15, -0.1) is 0 Å². The molecule has 0 amide bonds. The average molecular weight is 340 g/mol. The zero-order chi connectivity index (χ0) is 16.4. The van der Waals surface area contributed by atoms with Gasteiger partial charge in [0, 0.05) is 35.7 Å². The molecule has 1 aromatic carbocycles. The van der Waals surface area contributed by atoms with Crippen LogP contribution in [0.4, 0.5) is 0 Å². The van der Waals surface area contributed by atoms with Gasteiger partial charge in [0.2, 0.25) is 0 Å². The van der Waals surface area contributed by atoms with Crippen molar-refractivity contribution in [1.29, 1.82) is 0 Å². The summed E-state index contributed by atoms with van der Waals surface area (Å²) in [7, 11) is 1.68. The first-order valence-electron chi connectivity index (χ1n) is 8.38. The minimum Gasteiger partial charge on any atom is -0.496 e. The second kappa shape index (κ2) is 6.98. The quantitative estimate of drug-likeness (QED) is 0.915. The Bertz CT molecular complexity index is 549. The van der Waals surface area contributed by atoms with Gasteiger partial charge >= 0.3 is 0 Å². The maximum atomic E-state index is 10.8. The largest absolute Gasteiger partial charge is 0.496 e. The van der Waals surface area contributed by atoms with Crippen LogP contribution in [0.2, 0.25) is 5.02 Å². The first kappa shape index (κ1) is 17.0. The fraction of sp³-hybridized carbons (Fsp3) is 0.667. The van der Waals surface area contributed by atoms with Gasteiger partial charge in [0.05, 0.1) is 19.3 Å². The molecular formula is C18H26ClNO3. The summed E-state index contributed by atoms with van der Waals surface area (Å²) in [5.41, 5.74) is 0.496. The first-order valence-corrected chi connectivity index (χ1v) is 8.75. The van der Waals surface area contributed by atoms with Crippen molar-refractivity contribution in [1.82, 2.24) is 4.90 Å². The number of likely N-dealkylation sites (tertiary alicyclic amines) is 1. The number of aliphatic hydroxyl groups is 1. The van der Waals surface area contributed by atoms with Gasteiger partial charge in [-0.3, -0.25) is 4.90 Å². The fourth-order valence-corrected chi connectivity index (χ4v) is 4.11. The molecule has 1 N–H and O–H groups in total. The standard InChI is InChI=1S/C18H26ClNO3/c1-18(21)7-9-23-12-15(18)16-4-3-8-20(16)11-13-5-6-14(19)10-17(13)22-2/h5-6,10,15-16,21H,3-4,7-9,11-12H2,1-2H3/t15-,16+,18+/m0/s1. The van der Waals surface area contributed by atoms with Gasteiger partial charge in [-0.05, 0) is 44.9 Å². The SMILES string of the molecule is COc1cc(Cl)ccc1CN1CCC[C@@H]1[C@@H]1COCC[C@@]1(C)O. The summed E-state index contributed by atoms with van der Waals surface area (Å²) in [4.78, 5) is 2.46. The van der Waals surface area contributed by atoms with Gasteiger partial charge in [0.1, 0.15) is 5.75 Å². The molecule has 0 unspecified atom stereocenters. The summed E-state index contributed by atoms with van der Waals surface area (Å²) in [6.45, 7) is 5.12. The number of hydrogen-bond acceptors (Lipinski definition) is 4. The fourth-order valence-electron chi connectivity index (χ4n) is 3.95. The molecule has 2 saturated heterocycles. The summed E-state index contributed by atoms with van der Waals surface area (Å²) >= 11 is 6.06. The van der Waals surface area contributed by atoms with Gasteiger partial charge in [-0.1, -0.05) is 17.7 Å². The van der Waals surface area contributed by atoms with Crippen molar-refractivity contribution in [2.75, 3.05) is 26.9 Å². The zero-order valence-corrected chi connectivity index (χ0v) is 14.7. The smallest absolute Gasteiger partial charge is 0.124 e. The maximum absolute atomic E-state index is 10.8. The average Bonchev–Trinajstić information content (AvgIpc) is 2.96. The van der Waals surface area contributed by atoms with Crippen molar-refractivity contribution in [2.24, 2.45) is 5.92 Å². The van der Waals surface area contributed by atoms with Crippen molar-refractivity contribution >= 4 is 11.6 Å². The van der Waals surface area contributed by atoms with Gasteiger partial charge in [0.15, 0.2) is 0 Å². The number of rotatable bonds is 4. The Morgan fingerprint density at radius 3 is 3.04 bits per heavy atom. The van der Waals surface area contributed by atoms with Crippen LogP contribution in [0.25, 0.3) is 0 Å². The summed E-state index contributed by atoms with van der Waals surface area (Å²) in [5.74, 6) is 0.992. The van der Waals surface area contributed by atoms with Crippen LogP contribution >= 0.6 is 11.6 Å². The van der Waals surface area contributed by atoms with E-state index in [2.05, 4.69) is 4.90 Å². The van der Waals surface area contributed by atoms with Gasteiger partial charge < -0.3 is 14.6 Å². The summed E-state index contributed by atoms with van der Waals surface area (Å²) in [6.07, 6.45) is 2.99. The van der Waals surface area contributed by atoms with E-state index < -0.39 is 5.60 Å². The highest BCUT2D eigenvalue weighted by Crippen LogP contribution is 2.37. The van der Waals surface area contributed by atoms with E-state index in [0.717, 1.165) is 37.2 Å². The number of ether oxygens (including phenoxy) is 2. The van der Waals surface area contributed by atoms with Crippen molar-refractivity contribution < 1.29 is 14.6 Å². The number of methoxy groups -OCH3 is 1. The van der Waals surface area contributed by atoms with E-state index in [0.29, 0.717) is 30.7 Å². The topological polar surface area (TPSA) is 41.9 Å². The first-order chi connectivity index (χ1) is 11.0. The van der Waals surface area contributed by atoms with Crippen LogP contribution in [0.5, 0.6) is 5.75 Å². The predicted molar refractivity (Wildman–Crippen MR) is 91.0 cm³/mol. The highest BCUT2D eigenvalue weighted by atomic mass is 35.5. The third kappa shape index (κ3) is 3.66. The van der Waals surface area contributed by atoms with Crippen LogP contribution in [-0.4, -0.2) is 48.5 Å². The Balaban J connectivity index is 1.77. The van der Waals surface area contributed by atoms with E-state index in [1.165, 1.54) is 0 Å². The molecule has 0 aliphatic carbocycles. The maximum Gasteiger partial charge on any atom is 0.124 e. The summed E-state index contributed by atoms with van der Waals surface area (Å²) in [6, 6.07) is 6.16. The Hall–Kier alpha value is -0.810. The van der Waals surface area contributed by atoms with Crippen LogP contribution in [0.3, 0.4) is 0 Å². The van der Waals surface area contributed by atoms with E-state index in [1.807, 2.05) is 25.1 Å². The van der Waals surface area contributed by atoms with E-state index >= 15 is 0 Å². The van der Waals surface area contributed by atoms with Gasteiger partial charge in [-0.2, -0.15) is 0 Å². The molecule has 128 valence electrons. The second-order valence-electron chi connectivity index (χ2n) is 6.92. The lowest BCUT2D eigenvalue weighted by molar-refractivity contribution is -0.123. The van der Waals surface area contributed by atoms with Gasteiger partial charge in [0.25, 0.3) is 0 Å². The molecule has 0 saturated carbocycles.